The predicted octanol–water partition coefficient (Wildman–Crippen LogP) is 2.54. The van der Waals surface area contributed by atoms with Crippen LogP contribution >= 0.6 is 0 Å². The SMILES string of the molecule is CCC1CCN(C(=O)CCCCCCN)CC1. The highest BCUT2D eigenvalue weighted by Crippen LogP contribution is 2.20. The number of piperidine rings is 1. The molecular formula is C14H28N2O. The molecule has 0 radical (unpaired) electrons. The molecule has 1 aliphatic heterocycles. The minimum absolute atomic E-state index is 0.368. The molecular weight excluding hydrogens is 212 g/mol. The van der Waals surface area contributed by atoms with Crippen molar-refractivity contribution in [1.82, 2.24) is 4.90 Å². The van der Waals surface area contributed by atoms with E-state index in [2.05, 4.69) is 11.8 Å². The van der Waals surface area contributed by atoms with Crippen molar-refractivity contribution in [2.45, 2.75) is 58.3 Å². The van der Waals surface area contributed by atoms with Gasteiger partial charge in [0.15, 0.2) is 0 Å². The second-order valence-electron chi connectivity index (χ2n) is 5.19. The van der Waals surface area contributed by atoms with E-state index in [4.69, 9.17) is 5.73 Å². The zero-order chi connectivity index (χ0) is 12.5. The number of nitrogens with two attached hydrogens (primary N) is 1. The maximum Gasteiger partial charge on any atom is 0.222 e. The molecule has 0 bridgehead atoms. The molecule has 0 aromatic rings. The summed E-state index contributed by atoms with van der Waals surface area (Å²) < 4.78 is 0. The highest BCUT2D eigenvalue weighted by Gasteiger charge is 2.20. The molecule has 17 heavy (non-hydrogen) atoms. The third kappa shape index (κ3) is 5.53. The van der Waals surface area contributed by atoms with Gasteiger partial charge in [-0.3, -0.25) is 4.79 Å². The Bertz CT molecular complexity index is 210. The van der Waals surface area contributed by atoms with Gasteiger partial charge in [0.25, 0.3) is 0 Å². The average Bonchev–Trinajstić information content (AvgIpc) is 2.38. The molecule has 0 aliphatic carbocycles. The Kier molecular flexibility index (Phi) is 7.25. The van der Waals surface area contributed by atoms with E-state index in [1.807, 2.05) is 0 Å². The van der Waals surface area contributed by atoms with E-state index in [1.165, 1.54) is 25.7 Å². The van der Waals surface area contributed by atoms with Crippen LogP contribution in [-0.2, 0) is 4.79 Å². The van der Waals surface area contributed by atoms with Crippen LogP contribution < -0.4 is 5.73 Å². The molecule has 0 atom stereocenters. The molecule has 100 valence electrons. The van der Waals surface area contributed by atoms with Gasteiger partial charge in [-0.2, -0.15) is 0 Å². The number of unbranched alkanes of at least 4 members (excludes halogenated alkanes) is 3. The fraction of sp³-hybridized carbons (Fsp3) is 0.929. The van der Waals surface area contributed by atoms with Crippen LogP contribution in [0.5, 0.6) is 0 Å². The van der Waals surface area contributed by atoms with E-state index >= 15 is 0 Å². The minimum Gasteiger partial charge on any atom is -0.343 e. The summed E-state index contributed by atoms with van der Waals surface area (Å²) in [4.78, 5) is 14.0. The number of nitrogens with zero attached hydrogens (tertiary/aromatic N) is 1. The van der Waals surface area contributed by atoms with Crippen molar-refractivity contribution in [3.8, 4) is 0 Å². The smallest absolute Gasteiger partial charge is 0.222 e. The van der Waals surface area contributed by atoms with Gasteiger partial charge in [0.1, 0.15) is 0 Å². The standard InChI is InChI=1S/C14H28N2O/c1-2-13-8-11-16(12-9-13)14(17)7-5-3-4-6-10-15/h13H,2-12,15H2,1H3. The van der Waals surface area contributed by atoms with Crippen molar-refractivity contribution in [3.05, 3.63) is 0 Å². The van der Waals surface area contributed by atoms with Crippen LogP contribution in [0.25, 0.3) is 0 Å². The van der Waals surface area contributed by atoms with Gasteiger partial charge in [0.05, 0.1) is 0 Å². The largest absolute Gasteiger partial charge is 0.343 e. The van der Waals surface area contributed by atoms with Gasteiger partial charge in [-0.05, 0) is 38.1 Å². The van der Waals surface area contributed by atoms with E-state index < -0.39 is 0 Å². The summed E-state index contributed by atoms with van der Waals surface area (Å²) >= 11 is 0. The number of hydrogen-bond donors (Lipinski definition) is 1. The Morgan fingerprint density at radius 1 is 1.18 bits per heavy atom. The lowest BCUT2D eigenvalue weighted by Crippen LogP contribution is -2.38. The Morgan fingerprint density at radius 2 is 1.82 bits per heavy atom. The summed E-state index contributed by atoms with van der Waals surface area (Å²) in [5, 5.41) is 0. The molecule has 3 heteroatoms. The van der Waals surface area contributed by atoms with E-state index in [1.54, 1.807) is 0 Å². The lowest BCUT2D eigenvalue weighted by molar-refractivity contribution is -0.132. The highest BCUT2D eigenvalue weighted by atomic mass is 16.2. The first-order valence-electron chi connectivity index (χ1n) is 7.25. The van der Waals surface area contributed by atoms with Crippen LogP contribution in [0.4, 0.5) is 0 Å². The van der Waals surface area contributed by atoms with E-state index in [-0.39, 0.29) is 0 Å². The maximum absolute atomic E-state index is 11.9. The second-order valence-corrected chi connectivity index (χ2v) is 5.19. The topological polar surface area (TPSA) is 46.3 Å². The van der Waals surface area contributed by atoms with Gasteiger partial charge in [-0.1, -0.05) is 26.2 Å². The van der Waals surface area contributed by atoms with Crippen molar-refractivity contribution in [3.63, 3.8) is 0 Å². The van der Waals surface area contributed by atoms with Crippen molar-refractivity contribution in [2.24, 2.45) is 11.7 Å². The van der Waals surface area contributed by atoms with E-state index in [9.17, 15) is 4.79 Å². The summed E-state index contributed by atoms with van der Waals surface area (Å²) in [6.07, 6.45) is 8.85. The summed E-state index contributed by atoms with van der Waals surface area (Å²) in [7, 11) is 0. The van der Waals surface area contributed by atoms with Gasteiger partial charge in [-0.25, -0.2) is 0 Å². The number of carbonyl (C=O) groups excluding carboxylic acids is 1. The Hall–Kier alpha value is -0.570. The zero-order valence-corrected chi connectivity index (χ0v) is 11.3. The van der Waals surface area contributed by atoms with Crippen LogP contribution in [0.2, 0.25) is 0 Å². The normalized spacial score (nSPS) is 17.4. The van der Waals surface area contributed by atoms with Crippen LogP contribution in [-0.4, -0.2) is 30.4 Å². The zero-order valence-electron chi connectivity index (χ0n) is 11.3. The van der Waals surface area contributed by atoms with Gasteiger partial charge < -0.3 is 10.6 Å². The fourth-order valence-corrected chi connectivity index (χ4v) is 2.52. The van der Waals surface area contributed by atoms with Crippen LogP contribution in [0.1, 0.15) is 58.3 Å². The quantitative estimate of drug-likeness (QED) is 0.695. The molecule has 1 fully saturated rings. The summed E-state index contributed by atoms with van der Waals surface area (Å²) in [6, 6.07) is 0. The molecule has 0 spiro atoms. The molecule has 3 nitrogen and oxygen atoms in total. The molecule has 0 unspecified atom stereocenters. The first kappa shape index (κ1) is 14.5. The van der Waals surface area contributed by atoms with Crippen molar-refractivity contribution < 1.29 is 4.79 Å². The molecule has 0 aromatic heterocycles. The molecule has 0 saturated carbocycles. The second kappa shape index (κ2) is 8.51. The first-order chi connectivity index (χ1) is 8.27. The number of amides is 1. The maximum atomic E-state index is 11.9. The predicted molar refractivity (Wildman–Crippen MR) is 71.7 cm³/mol. The van der Waals surface area contributed by atoms with Crippen LogP contribution in [0.3, 0.4) is 0 Å². The number of carbonyl (C=O) groups is 1. The number of rotatable bonds is 7. The molecule has 0 aromatic carbocycles. The lowest BCUT2D eigenvalue weighted by atomic mass is 9.94. The third-order valence-electron chi connectivity index (χ3n) is 3.89. The monoisotopic (exact) mass is 240 g/mol. The van der Waals surface area contributed by atoms with Crippen LogP contribution in [0.15, 0.2) is 0 Å². The summed E-state index contributed by atoms with van der Waals surface area (Å²) in [5.41, 5.74) is 5.44. The Morgan fingerprint density at radius 3 is 2.41 bits per heavy atom. The Balaban J connectivity index is 2.08. The molecule has 2 N–H and O–H groups in total. The van der Waals surface area contributed by atoms with Gasteiger partial charge in [0.2, 0.25) is 5.91 Å². The minimum atomic E-state index is 0.368. The van der Waals surface area contributed by atoms with Gasteiger partial charge >= 0.3 is 0 Å². The van der Waals surface area contributed by atoms with E-state index in [0.717, 1.165) is 51.2 Å². The first-order valence-corrected chi connectivity index (χ1v) is 7.25. The number of hydrogen-bond acceptors (Lipinski definition) is 2. The van der Waals surface area contributed by atoms with Crippen molar-refractivity contribution in [2.75, 3.05) is 19.6 Å². The van der Waals surface area contributed by atoms with Crippen molar-refractivity contribution >= 4 is 5.91 Å². The van der Waals surface area contributed by atoms with E-state index in [0.29, 0.717) is 5.91 Å². The van der Waals surface area contributed by atoms with Crippen LogP contribution in [0, 0.1) is 5.92 Å². The average molecular weight is 240 g/mol. The van der Waals surface area contributed by atoms with Crippen molar-refractivity contribution in [1.29, 1.82) is 0 Å². The molecule has 1 amide bonds. The Labute approximate surface area is 106 Å². The molecule has 1 aliphatic rings. The lowest BCUT2D eigenvalue weighted by Gasteiger charge is -2.31. The summed E-state index contributed by atoms with van der Waals surface area (Å²) in [5.74, 6) is 1.22. The van der Waals surface area contributed by atoms with Gasteiger partial charge in [0, 0.05) is 19.5 Å². The molecule has 1 heterocycles. The molecule has 1 rings (SSSR count). The highest BCUT2D eigenvalue weighted by molar-refractivity contribution is 5.76. The fourth-order valence-electron chi connectivity index (χ4n) is 2.52. The molecule has 1 saturated heterocycles. The van der Waals surface area contributed by atoms with Gasteiger partial charge in [-0.15, -0.1) is 0 Å². The number of likely N-dealkylation sites (tertiary alicyclic amines) is 1. The summed E-state index contributed by atoms with van der Waals surface area (Å²) in [6.45, 7) is 5.00. The third-order valence-corrected chi connectivity index (χ3v) is 3.89.